The minimum Gasteiger partial charge on any atom is -0.354 e. The van der Waals surface area contributed by atoms with Crippen molar-refractivity contribution in [3.63, 3.8) is 0 Å². The lowest BCUT2D eigenvalue weighted by Crippen LogP contribution is -2.47. The number of pyridine rings is 1. The molecule has 1 atom stereocenters. The zero-order valence-electron chi connectivity index (χ0n) is 17.6. The van der Waals surface area contributed by atoms with Crippen molar-refractivity contribution in [2.45, 2.75) is 19.9 Å². The van der Waals surface area contributed by atoms with Gasteiger partial charge < -0.3 is 20.4 Å². The van der Waals surface area contributed by atoms with Crippen LogP contribution in [0.3, 0.4) is 0 Å². The number of amides is 2. The lowest BCUT2D eigenvalue weighted by atomic mass is 10.0. The fraction of sp³-hybridized carbons (Fsp3) is 0.409. The van der Waals surface area contributed by atoms with Crippen molar-refractivity contribution < 1.29 is 9.59 Å². The molecule has 0 radical (unpaired) electrons. The molecule has 8 heteroatoms. The van der Waals surface area contributed by atoms with E-state index in [0.717, 1.165) is 32.0 Å². The molecule has 1 aliphatic heterocycles. The van der Waals surface area contributed by atoms with Gasteiger partial charge in [-0.15, -0.1) is 0 Å². The predicted octanol–water partition coefficient (Wildman–Crippen LogP) is 2.88. The van der Waals surface area contributed by atoms with Crippen molar-refractivity contribution in [2.75, 3.05) is 43.4 Å². The average molecular weight is 430 g/mol. The smallest absolute Gasteiger partial charge is 0.253 e. The van der Waals surface area contributed by atoms with E-state index in [1.165, 1.54) is 0 Å². The summed E-state index contributed by atoms with van der Waals surface area (Å²) in [7, 11) is 2.11. The summed E-state index contributed by atoms with van der Waals surface area (Å²) in [4.78, 5) is 34.4. The first-order valence-corrected chi connectivity index (χ1v) is 10.5. The van der Waals surface area contributed by atoms with E-state index in [-0.39, 0.29) is 17.7 Å². The first-order valence-electron chi connectivity index (χ1n) is 10.1. The molecule has 0 spiro atoms. The normalized spacial score (nSPS) is 15.7. The number of carbonyl (C=O) groups is 2. The van der Waals surface area contributed by atoms with Crippen LogP contribution in [0, 0.1) is 5.92 Å². The maximum atomic E-state index is 12.8. The number of carbonyl (C=O) groups excluding carboxylic acids is 2. The van der Waals surface area contributed by atoms with Crippen molar-refractivity contribution in [3.05, 3.63) is 53.2 Å². The summed E-state index contributed by atoms with van der Waals surface area (Å²) in [5.41, 5.74) is 0.936. The number of rotatable bonds is 6. The molecule has 2 aromatic rings. The molecule has 7 nitrogen and oxygen atoms in total. The third-order valence-corrected chi connectivity index (χ3v) is 5.53. The third kappa shape index (κ3) is 5.49. The quantitative estimate of drug-likeness (QED) is 0.738. The van der Waals surface area contributed by atoms with Gasteiger partial charge in [-0.05, 0) is 37.2 Å². The second-order valence-corrected chi connectivity index (χ2v) is 8.27. The van der Waals surface area contributed by atoms with Gasteiger partial charge in [0.25, 0.3) is 5.91 Å². The number of hydrogen-bond acceptors (Lipinski definition) is 5. The molecule has 3 rings (SSSR count). The number of aromatic nitrogens is 1. The first-order chi connectivity index (χ1) is 14.3. The number of halogens is 1. The van der Waals surface area contributed by atoms with Crippen molar-refractivity contribution in [1.29, 1.82) is 0 Å². The monoisotopic (exact) mass is 429 g/mol. The molecule has 2 N–H and O–H groups in total. The fourth-order valence-corrected chi connectivity index (χ4v) is 3.52. The summed E-state index contributed by atoms with van der Waals surface area (Å²) < 4.78 is 0. The molecule has 30 heavy (non-hydrogen) atoms. The molecule has 2 amide bonds. The fourth-order valence-electron chi connectivity index (χ4n) is 3.30. The number of piperazine rings is 1. The maximum Gasteiger partial charge on any atom is 0.253 e. The van der Waals surface area contributed by atoms with Crippen LogP contribution in [0.4, 0.5) is 11.5 Å². The topological polar surface area (TPSA) is 77.6 Å². The Hall–Kier alpha value is -2.64. The van der Waals surface area contributed by atoms with Crippen LogP contribution in [-0.4, -0.2) is 61.0 Å². The van der Waals surface area contributed by atoms with Gasteiger partial charge in [0.2, 0.25) is 5.91 Å². The van der Waals surface area contributed by atoms with Gasteiger partial charge in [0.05, 0.1) is 22.5 Å². The highest BCUT2D eigenvalue weighted by atomic mass is 35.5. The minimum atomic E-state index is -0.703. The lowest BCUT2D eigenvalue weighted by molar-refractivity contribution is -0.118. The van der Waals surface area contributed by atoms with Gasteiger partial charge in [0.1, 0.15) is 11.9 Å². The van der Waals surface area contributed by atoms with Gasteiger partial charge in [-0.1, -0.05) is 37.6 Å². The Kier molecular flexibility index (Phi) is 7.29. The number of anilines is 2. The summed E-state index contributed by atoms with van der Waals surface area (Å²) in [5.74, 6) is 0.125. The highest BCUT2D eigenvalue weighted by molar-refractivity contribution is 6.33. The van der Waals surface area contributed by atoms with Crippen LogP contribution < -0.4 is 15.5 Å². The van der Waals surface area contributed by atoms with E-state index in [9.17, 15) is 9.59 Å². The van der Waals surface area contributed by atoms with Gasteiger partial charge in [-0.2, -0.15) is 0 Å². The highest BCUT2D eigenvalue weighted by Crippen LogP contribution is 2.18. The molecule has 160 valence electrons. The second kappa shape index (κ2) is 9.91. The summed E-state index contributed by atoms with van der Waals surface area (Å²) in [6.45, 7) is 7.62. The number of likely N-dealkylation sites (N-methyl/N-ethyl adjacent to an activating group) is 1. The van der Waals surface area contributed by atoms with Gasteiger partial charge in [-0.25, -0.2) is 4.98 Å². The molecule has 0 bridgehead atoms. The van der Waals surface area contributed by atoms with Crippen LogP contribution in [0.5, 0.6) is 0 Å². The Morgan fingerprint density at radius 1 is 1.07 bits per heavy atom. The zero-order valence-corrected chi connectivity index (χ0v) is 18.3. The zero-order chi connectivity index (χ0) is 21.7. The average Bonchev–Trinajstić information content (AvgIpc) is 2.73. The predicted molar refractivity (Wildman–Crippen MR) is 120 cm³/mol. The Morgan fingerprint density at radius 2 is 1.77 bits per heavy atom. The van der Waals surface area contributed by atoms with Crippen LogP contribution in [0.15, 0.2) is 42.6 Å². The largest absolute Gasteiger partial charge is 0.354 e. The SMILES string of the molecule is CC(C)[C@H](NC(=O)c1ccccc1Cl)C(=O)Nc1ccc(N2CCN(C)CC2)nc1. The molecule has 0 saturated carbocycles. The Labute approximate surface area is 182 Å². The standard InChI is InChI=1S/C22H28ClN5O2/c1-15(2)20(26-21(29)17-6-4-5-7-18(17)23)22(30)25-16-8-9-19(24-14-16)28-12-10-27(3)11-13-28/h4-9,14-15,20H,10-13H2,1-3H3,(H,25,30)(H,26,29)/t20-/m0/s1. The Bertz CT molecular complexity index is 879. The number of hydrogen-bond donors (Lipinski definition) is 2. The maximum absolute atomic E-state index is 12.8. The van der Waals surface area contributed by atoms with Crippen molar-refractivity contribution in [1.82, 2.24) is 15.2 Å². The van der Waals surface area contributed by atoms with Crippen LogP contribution in [0.25, 0.3) is 0 Å². The molecule has 1 fully saturated rings. The Morgan fingerprint density at radius 3 is 2.37 bits per heavy atom. The van der Waals surface area contributed by atoms with Gasteiger partial charge >= 0.3 is 0 Å². The lowest BCUT2D eigenvalue weighted by Gasteiger charge is -2.33. The van der Waals surface area contributed by atoms with Crippen molar-refractivity contribution in [3.8, 4) is 0 Å². The molecule has 1 aromatic carbocycles. The van der Waals surface area contributed by atoms with Crippen LogP contribution >= 0.6 is 11.6 Å². The molecular weight excluding hydrogens is 402 g/mol. The van der Waals surface area contributed by atoms with Crippen LogP contribution in [0.1, 0.15) is 24.2 Å². The minimum absolute atomic E-state index is 0.103. The Balaban J connectivity index is 1.63. The highest BCUT2D eigenvalue weighted by Gasteiger charge is 2.25. The summed E-state index contributed by atoms with van der Waals surface area (Å²) in [5, 5.41) is 6.00. The van der Waals surface area contributed by atoms with Crippen molar-refractivity contribution >= 4 is 34.9 Å². The number of benzene rings is 1. The van der Waals surface area contributed by atoms with E-state index in [2.05, 4.69) is 32.5 Å². The molecule has 1 aliphatic rings. The van der Waals surface area contributed by atoms with Gasteiger partial charge in [0.15, 0.2) is 0 Å². The van der Waals surface area contributed by atoms with Crippen LogP contribution in [-0.2, 0) is 4.79 Å². The molecule has 1 aromatic heterocycles. The first kappa shape index (κ1) is 22.1. The summed E-state index contributed by atoms with van der Waals surface area (Å²) >= 11 is 6.10. The summed E-state index contributed by atoms with van der Waals surface area (Å²) in [6, 6.07) is 9.82. The van der Waals surface area contributed by atoms with E-state index in [1.807, 2.05) is 26.0 Å². The van der Waals surface area contributed by atoms with E-state index >= 15 is 0 Å². The molecule has 1 saturated heterocycles. The number of nitrogens with one attached hydrogen (secondary N) is 2. The van der Waals surface area contributed by atoms with Gasteiger partial charge in [0, 0.05) is 26.2 Å². The molecular formula is C22H28ClN5O2. The number of nitrogens with zero attached hydrogens (tertiary/aromatic N) is 3. The van der Waals surface area contributed by atoms with Crippen molar-refractivity contribution in [2.24, 2.45) is 5.92 Å². The van der Waals surface area contributed by atoms with Gasteiger partial charge in [-0.3, -0.25) is 9.59 Å². The van der Waals surface area contributed by atoms with E-state index in [0.29, 0.717) is 16.3 Å². The molecule has 0 unspecified atom stereocenters. The molecule has 0 aliphatic carbocycles. The summed E-state index contributed by atoms with van der Waals surface area (Å²) in [6.07, 6.45) is 1.65. The van der Waals surface area contributed by atoms with Crippen LogP contribution in [0.2, 0.25) is 5.02 Å². The second-order valence-electron chi connectivity index (χ2n) is 7.86. The van der Waals surface area contributed by atoms with E-state index < -0.39 is 6.04 Å². The van der Waals surface area contributed by atoms with E-state index in [1.54, 1.807) is 30.5 Å². The van der Waals surface area contributed by atoms with E-state index in [4.69, 9.17) is 11.6 Å². The third-order valence-electron chi connectivity index (χ3n) is 5.20. The molecule has 2 heterocycles.